The minimum absolute atomic E-state index is 0.0124. The van der Waals surface area contributed by atoms with Gasteiger partial charge in [-0.25, -0.2) is 0 Å². The Labute approximate surface area is 137 Å². The highest BCUT2D eigenvalue weighted by Gasteiger charge is 2.04. The van der Waals surface area contributed by atoms with E-state index < -0.39 is 0 Å². The zero-order chi connectivity index (χ0) is 15.1. The number of thiophene rings is 1. The Morgan fingerprint density at radius 1 is 1.29 bits per heavy atom. The molecule has 0 bridgehead atoms. The molecular weight excluding hydrogens is 326 g/mol. The number of carbonyl (C=O) groups is 1. The second-order valence-electron chi connectivity index (χ2n) is 4.18. The van der Waals surface area contributed by atoms with Crippen LogP contribution in [0.25, 0.3) is 0 Å². The summed E-state index contributed by atoms with van der Waals surface area (Å²) in [6.45, 7) is 3.13. The van der Waals surface area contributed by atoms with Gasteiger partial charge in [-0.1, -0.05) is 11.6 Å². The molecular formula is C15H16ClNO2S2. The summed E-state index contributed by atoms with van der Waals surface area (Å²) in [7, 11) is 0. The van der Waals surface area contributed by atoms with Gasteiger partial charge < -0.3 is 10.1 Å². The summed E-state index contributed by atoms with van der Waals surface area (Å²) in [5, 5.41) is 2.88. The van der Waals surface area contributed by atoms with Gasteiger partial charge in [0.2, 0.25) is 5.91 Å². The van der Waals surface area contributed by atoms with Crippen molar-refractivity contribution in [2.75, 3.05) is 12.4 Å². The van der Waals surface area contributed by atoms with E-state index in [1.807, 2.05) is 43.3 Å². The number of halogens is 1. The number of rotatable bonds is 7. The van der Waals surface area contributed by atoms with Crippen molar-refractivity contribution in [3.63, 3.8) is 0 Å². The van der Waals surface area contributed by atoms with Crippen LogP contribution in [0.2, 0.25) is 4.34 Å². The molecule has 0 radical (unpaired) electrons. The monoisotopic (exact) mass is 341 g/mol. The molecule has 1 amide bonds. The number of nitrogens with one attached hydrogen (secondary N) is 1. The first-order chi connectivity index (χ1) is 10.2. The van der Waals surface area contributed by atoms with Gasteiger partial charge in [0, 0.05) is 9.77 Å². The minimum Gasteiger partial charge on any atom is -0.494 e. The van der Waals surface area contributed by atoms with Crippen molar-refractivity contribution < 1.29 is 9.53 Å². The van der Waals surface area contributed by atoms with E-state index in [1.165, 1.54) is 23.1 Å². The lowest BCUT2D eigenvalue weighted by molar-refractivity contribution is -0.118. The summed E-state index contributed by atoms with van der Waals surface area (Å²) in [6.07, 6.45) is 0. The Hall–Kier alpha value is -1.17. The van der Waals surface area contributed by atoms with E-state index >= 15 is 0 Å². The van der Waals surface area contributed by atoms with Crippen molar-refractivity contribution >= 4 is 40.6 Å². The van der Waals surface area contributed by atoms with E-state index in [-0.39, 0.29) is 5.91 Å². The number of hydrogen-bond acceptors (Lipinski definition) is 4. The Bertz CT molecular complexity index is 584. The molecule has 1 aromatic heterocycles. The highest BCUT2D eigenvalue weighted by atomic mass is 35.5. The van der Waals surface area contributed by atoms with Gasteiger partial charge in [-0.15, -0.1) is 23.1 Å². The maximum absolute atomic E-state index is 11.8. The molecule has 3 nitrogen and oxygen atoms in total. The molecule has 2 rings (SSSR count). The molecule has 0 saturated carbocycles. The Morgan fingerprint density at radius 2 is 2.05 bits per heavy atom. The van der Waals surface area contributed by atoms with Gasteiger partial charge >= 0.3 is 0 Å². The molecule has 0 aliphatic carbocycles. The van der Waals surface area contributed by atoms with Crippen LogP contribution in [-0.4, -0.2) is 18.3 Å². The SMILES string of the molecule is CCOc1ccc(SCC(=O)NCc2ccc(Cl)s2)cc1. The lowest BCUT2D eigenvalue weighted by atomic mass is 10.3. The molecule has 6 heteroatoms. The van der Waals surface area contributed by atoms with Crippen LogP contribution in [0.1, 0.15) is 11.8 Å². The van der Waals surface area contributed by atoms with Crippen molar-refractivity contribution in [2.45, 2.75) is 18.4 Å². The number of benzene rings is 1. The smallest absolute Gasteiger partial charge is 0.230 e. The zero-order valence-electron chi connectivity index (χ0n) is 11.6. The molecule has 1 N–H and O–H groups in total. The third-order valence-corrected chi connectivity index (χ3v) is 4.84. The molecule has 112 valence electrons. The molecule has 0 saturated heterocycles. The third kappa shape index (κ3) is 5.61. The molecule has 2 aromatic rings. The van der Waals surface area contributed by atoms with Crippen LogP contribution in [0, 0.1) is 0 Å². The fourth-order valence-corrected chi connectivity index (χ4v) is 3.39. The van der Waals surface area contributed by atoms with Crippen LogP contribution in [0.15, 0.2) is 41.3 Å². The van der Waals surface area contributed by atoms with Gasteiger partial charge in [0.1, 0.15) is 5.75 Å². The van der Waals surface area contributed by atoms with Crippen LogP contribution in [-0.2, 0) is 11.3 Å². The van der Waals surface area contributed by atoms with E-state index in [0.717, 1.165) is 19.9 Å². The van der Waals surface area contributed by atoms with E-state index in [9.17, 15) is 4.79 Å². The summed E-state index contributed by atoms with van der Waals surface area (Å²) in [5.74, 6) is 1.26. The summed E-state index contributed by atoms with van der Waals surface area (Å²) >= 11 is 8.83. The van der Waals surface area contributed by atoms with E-state index in [1.54, 1.807) is 0 Å². The number of thioether (sulfide) groups is 1. The number of amides is 1. The summed E-state index contributed by atoms with van der Waals surface area (Å²) in [5.41, 5.74) is 0. The van der Waals surface area contributed by atoms with Crippen molar-refractivity contribution in [3.8, 4) is 5.75 Å². The van der Waals surface area contributed by atoms with Crippen LogP contribution in [0.5, 0.6) is 5.75 Å². The second kappa shape index (κ2) is 8.32. The first-order valence-corrected chi connectivity index (χ1v) is 8.72. The third-order valence-electron chi connectivity index (χ3n) is 2.59. The summed E-state index contributed by atoms with van der Waals surface area (Å²) in [6, 6.07) is 11.5. The number of hydrogen-bond donors (Lipinski definition) is 1. The molecule has 0 fully saturated rings. The Balaban J connectivity index is 1.73. The van der Waals surface area contributed by atoms with Gasteiger partial charge in [-0.05, 0) is 43.3 Å². The summed E-state index contributed by atoms with van der Waals surface area (Å²) < 4.78 is 6.12. The Morgan fingerprint density at radius 3 is 2.67 bits per heavy atom. The topological polar surface area (TPSA) is 38.3 Å². The first kappa shape index (κ1) is 16.2. The predicted octanol–water partition coefficient (Wildman–Crippen LogP) is 4.21. The molecule has 21 heavy (non-hydrogen) atoms. The number of ether oxygens (including phenoxy) is 1. The standard InChI is InChI=1S/C15H16ClNO2S2/c1-2-19-11-3-5-12(6-4-11)20-10-15(18)17-9-13-7-8-14(16)21-13/h3-8H,2,9-10H2,1H3,(H,17,18). The fourth-order valence-electron chi connectivity index (χ4n) is 1.63. The molecule has 0 aliphatic rings. The minimum atomic E-state index is 0.0124. The zero-order valence-corrected chi connectivity index (χ0v) is 14.0. The lowest BCUT2D eigenvalue weighted by Gasteiger charge is -2.05. The van der Waals surface area contributed by atoms with Gasteiger partial charge in [-0.2, -0.15) is 0 Å². The number of carbonyl (C=O) groups excluding carboxylic acids is 1. The molecule has 0 unspecified atom stereocenters. The first-order valence-electron chi connectivity index (χ1n) is 6.54. The van der Waals surface area contributed by atoms with Gasteiger partial charge in [0.25, 0.3) is 0 Å². The Kier molecular flexibility index (Phi) is 6.42. The predicted molar refractivity (Wildman–Crippen MR) is 89.5 cm³/mol. The molecule has 0 aliphatic heterocycles. The van der Waals surface area contributed by atoms with Crippen LogP contribution in [0.4, 0.5) is 0 Å². The van der Waals surface area contributed by atoms with Gasteiger partial charge in [-0.3, -0.25) is 4.79 Å². The van der Waals surface area contributed by atoms with Crippen molar-refractivity contribution in [2.24, 2.45) is 0 Å². The van der Waals surface area contributed by atoms with Crippen molar-refractivity contribution in [1.82, 2.24) is 5.32 Å². The van der Waals surface area contributed by atoms with Crippen molar-refractivity contribution in [1.29, 1.82) is 0 Å². The normalized spacial score (nSPS) is 10.4. The van der Waals surface area contributed by atoms with Crippen LogP contribution in [0.3, 0.4) is 0 Å². The average Bonchev–Trinajstić information content (AvgIpc) is 2.90. The lowest BCUT2D eigenvalue weighted by Crippen LogP contribution is -2.24. The van der Waals surface area contributed by atoms with Gasteiger partial charge in [0.15, 0.2) is 0 Å². The maximum Gasteiger partial charge on any atom is 0.230 e. The maximum atomic E-state index is 11.8. The van der Waals surface area contributed by atoms with E-state index in [2.05, 4.69) is 5.32 Å². The summed E-state index contributed by atoms with van der Waals surface area (Å²) in [4.78, 5) is 13.9. The molecule has 1 aromatic carbocycles. The highest BCUT2D eigenvalue weighted by Crippen LogP contribution is 2.22. The quantitative estimate of drug-likeness (QED) is 0.767. The molecule has 0 atom stereocenters. The largest absolute Gasteiger partial charge is 0.494 e. The van der Waals surface area contributed by atoms with E-state index in [0.29, 0.717) is 18.9 Å². The van der Waals surface area contributed by atoms with Crippen LogP contribution < -0.4 is 10.1 Å². The van der Waals surface area contributed by atoms with Crippen LogP contribution >= 0.6 is 34.7 Å². The highest BCUT2D eigenvalue weighted by molar-refractivity contribution is 8.00. The molecule has 1 heterocycles. The molecule has 0 spiro atoms. The second-order valence-corrected chi connectivity index (χ2v) is 7.02. The average molecular weight is 342 g/mol. The fraction of sp³-hybridized carbons (Fsp3) is 0.267. The van der Waals surface area contributed by atoms with Crippen molar-refractivity contribution in [3.05, 3.63) is 45.6 Å². The van der Waals surface area contributed by atoms with E-state index in [4.69, 9.17) is 16.3 Å². The van der Waals surface area contributed by atoms with Gasteiger partial charge in [0.05, 0.1) is 23.2 Å².